The van der Waals surface area contributed by atoms with Gasteiger partial charge in [-0.15, -0.1) is 0 Å². The van der Waals surface area contributed by atoms with Crippen LogP contribution in [0.25, 0.3) is 0 Å². The molecule has 0 bridgehead atoms. The van der Waals surface area contributed by atoms with Gasteiger partial charge in [0.25, 0.3) is 5.91 Å². The molecule has 2 aromatic carbocycles. The SMILES string of the molecule is CCOP(=O)(OCC)C1c2ccccc2C(=O)N1c1ccc(F)cc1. The van der Waals surface area contributed by atoms with E-state index in [1.54, 1.807) is 38.1 Å². The van der Waals surface area contributed by atoms with Gasteiger partial charge in [-0.2, -0.15) is 0 Å². The molecule has 0 saturated carbocycles. The van der Waals surface area contributed by atoms with Crippen molar-refractivity contribution in [2.45, 2.75) is 19.6 Å². The molecule has 3 rings (SSSR count). The van der Waals surface area contributed by atoms with Gasteiger partial charge in [-0.3, -0.25) is 14.3 Å². The van der Waals surface area contributed by atoms with Crippen molar-refractivity contribution in [3.63, 3.8) is 0 Å². The quantitative estimate of drug-likeness (QED) is 0.695. The molecule has 1 amide bonds. The van der Waals surface area contributed by atoms with Gasteiger partial charge in [0.05, 0.1) is 13.2 Å². The summed E-state index contributed by atoms with van der Waals surface area (Å²) in [5.41, 5.74) is 1.46. The topological polar surface area (TPSA) is 55.8 Å². The minimum atomic E-state index is -3.66. The molecule has 0 saturated heterocycles. The van der Waals surface area contributed by atoms with Crippen LogP contribution in [0.4, 0.5) is 10.1 Å². The van der Waals surface area contributed by atoms with Crippen LogP contribution in [-0.2, 0) is 13.6 Å². The highest BCUT2D eigenvalue weighted by molar-refractivity contribution is 7.54. The second-order valence-corrected chi connectivity index (χ2v) is 7.57. The van der Waals surface area contributed by atoms with Gasteiger partial charge < -0.3 is 9.05 Å². The Morgan fingerprint density at radius 3 is 2.24 bits per heavy atom. The third kappa shape index (κ3) is 3.13. The molecule has 25 heavy (non-hydrogen) atoms. The Morgan fingerprint density at radius 1 is 1.04 bits per heavy atom. The standard InChI is InChI=1S/C18H19FNO4P/c1-3-23-25(22,24-4-2)18-16-8-6-5-7-15(16)17(21)20(18)14-11-9-13(19)10-12-14/h5-12,18H,3-4H2,1-2H3. The summed E-state index contributed by atoms with van der Waals surface area (Å²) in [5, 5.41) is 0. The molecule has 0 aromatic heterocycles. The van der Waals surface area contributed by atoms with E-state index >= 15 is 0 Å². The Labute approximate surface area is 145 Å². The van der Waals surface area contributed by atoms with Gasteiger partial charge in [0.2, 0.25) is 0 Å². The molecule has 0 fully saturated rings. The first-order valence-electron chi connectivity index (χ1n) is 8.08. The predicted octanol–water partition coefficient (Wildman–Crippen LogP) is 4.75. The van der Waals surface area contributed by atoms with E-state index in [1.807, 2.05) is 0 Å². The maximum atomic E-state index is 13.5. The molecule has 1 atom stereocenters. The first kappa shape index (κ1) is 17.8. The maximum Gasteiger partial charge on any atom is 0.357 e. The number of rotatable bonds is 6. The molecule has 5 nitrogen and oxygen atoms in total. The van der Waals surface area contributed by atoms with Crippen molar-refractivity contribution < 1.29 is 22.8 Å². The van der Waals surface area contributed by atoms with Crippen LogP contribution in [0.15, 0.2) is 48.5 Å². The van der Waals surface area contributed by atoms with Gasteiger partial charge in [-0.25, -0.2) is 4.39 Å². The Kier molecular flexibility index (Phi) is 5.04. The highest BCUT2D eigenvalue weighted by Crippen LogP contribution is 2.65. The van der Waals surface area contributed by atoms with Gasteiger partial charge in [0.1, 0.15) is 5.82 Å². The molecule has 1 aliphatic rings. The number of benzene rings is 2. The fraction of sp³-hybridized carbons (Fsp3) is 0.278. The molecule has 2 aromatic rings. The second kappa shape index (κ2) is 7.08. The van der Waals surface area contributed by atoms with Crippen LogP contribution in [0.5, 0.6) is 0 Å². The summed E-state index contributed by atoms with van der Waals surface area (Å²) in [6.45, 7) is 3.80. The molecular weight excluding hydrogens is 344 g/mol. The third-order valence-corrected chi connectivity index (χ3v) is 6.30. The van der Waals surface area contributed by atoms with E-state index in [1.165, 1.54) is 29.2 Å². The molecule has 0 spiro atoms. The summed E-state index contributed by atoms with van der Waals surface area (Å²) in [7, 11) is -3.66. The summed E-state index contributed by atoms with van der Waals surface area (Å²) in [5.74, 6) is -1.63. The third-order valence-electron chi connectivity index (χ3n) is 3.96. The summed E-state index contributed by atoms with van der Waals surface area (Å²) in [6, 6.07) is 12.4. The van der Waals surface area contributed by atoms with Crippen molar-refractivity contribution >= 4 is 19.2 Å². The molecule has 0 N–H and O–H groups in total. The van der Waals surface area contributed by atoms with Crippen LogP contribution in [0.3, 0.4) is 0 Å². The normalized spacial score (nSPS) is 17.0. The number of halogens is 1. The molecule has 1 heterocycles. The van der Waals surface area contributed by atoms with E-state index in [4.69, 9.17) is 9.05 Å². The first-order chi connectivity index (χ1) is 12.0. The van der Waals surface area contributed by atoms with Crippen molar-refractivity contribution in [1.82, 2.24) is 0 Å². The zero-order chi connectivity index (χ0) is 18.0. The molecule has 132 valence electrons. The van der Waals surface area contributed by atoms with Crippen LogP contribution in [0.1, 0.15) is 35.6 Å². The largest absolute Gasteiger partial charge is 0.357 e. The lowest BCUT2D eigenvalue weighted by atomic mass is 10.1. The van der Waals surface area contributed by atoms with E-state index in [2.05, 4.69) is 0 Å². The minimum absolute atomic E-state index is 0.182. The Balaban J connectivity index is 2.17. The molecule has 1 unspecified atom stereocenters. The van der Waals surface area contributed by atoms with Crippen LogP contribution >= 0.6 is 7.60 Å². The van der Waals surface area contributed by atoms with Crippen LogP contribution in [0.2, 0.25) is 0 Å². The maximum absolute atomic E-state index is 13.5. The zero-order valence-electron chi connectivity index (χ0n) is 14.0. The average molecular weight is 363 g/mol. The van der Waals surface area contributed by atoms with E-state index in [9.17, 15) is 13.8 Å². The molecule has 0 radical (unpaired) electrons. The fourth-order valence-corrected chi connectivity index (χ4v) is 5.17. The van der Waals surface area contributed by atoms with E-state index < -0.39 is 19.2 Å². The van der Waals surface area contributed by atoms with E-state index in [0.717, 1.165) is 0 Å². The predicted molar refractivity (Wildman–Crippen MR) is 93.3 cm³/mol. The van der Waals surface area contributed by atoms with Gasteiger partial charge >= 0.3 is 7.60 Å². The summed E-state index contributed by atoms with van der Waals surface area (Å²) in [4.78, 5) is 14.3. The monoisotopic (exact) mass is 363 g/mol. The van der Waals surface area contributed by atoms with Crippen LogP contribution in [0, 0.1) is 5.82 Å². The fourth-order valence-electron chi connectivity index (χ4n) is 3.01. The van der Waals surface area contributed by atoms with Gasteiger partial charge in [-0.05, 0) is 49.7 Å². The van der Waals surface area contributed by atoms with Crippen molar-refractivity contribution in [2.75, 3.05) is 18.1 Å². The van der Waals surface area contributed by atoms with Crippen molar-refractivity contribution in [1.29, 1.82) is 0 Å². The lowest BCUT2D eigenvalue weighted by Gasteiger charge is -2.31. The van der Waals surface area contributed by atoms with Crippen molar-refractivity contribution in [2.24, 2.45) is 0 Å². The number of amides is 1. The highest BCUT2D eigenvalue weighted by Gasteiger charge is 2.50. The summed E-state index contributed by atoms with van der Waals surface area (Å²) >= 11 is 0. The van der Waals surface area contributed by atoms with Crippen LogP contribution < -0.4 is 4.90 Å². The summed E-state index contributed by atoms with van der Waals surface area (Å²) in [6.07, 6.45) is 0. The number of hydrogen-bond donors (Lipinski definition) is 0. The number of fused-ring (bicyclic) bond motifs is 1. The number of hydrogen-bond acceptors (Lipinski definition) is 4. The first-order valence-corrected chi connectivity index (χ1v) is 9.70. The number of nitrogens with zero attached hydrogens (tertiary/aromatic N) is 1. The lowest BCUT2D eigenvalue weighted by molar-refractivity contribution is 0.0990. The number of anilines is 1. The minimum Gasteiger partial charge on any atom is -0.307 e. The number of carbonyl (C=O) groups is 1. The van der Waals surface area contributed by atoms with Gasteiger partial charge in [0.15, 0.2) is 5.78 Å². The van der Waals surface area contributed by atoms with Crippen molar-refractivity contribution in [3.8, 4) is 0 Å². The van der Waals surface area contributed by atoms with Crippen molar-refractivity contribution in [3.05, 3.63) is 65.5 Å². The van der Waals surface area contributed by atoms with Gasteiger partial charge in [-0.1, -0.05) is 18.2 Å². The smallest absolute Gasteiger partial charge is 0.307 e. The zero-order valence-corrected chi connectivity index (χ0v) is 14.9. The average Bonchev–Trinajstić information content (AvgIpc) is 2.90. The summed E-state index contributed by atoms with van der Waals surface area (Å²) < 4.78 is 37.8. The van der Waals surface area contributed by atoms with Crippen LogP contribution in [-0.4, -0.2) is 19.1 Å². The van der Waals surface area contributed by atoms with Gasteiger partial charge in [0, 0.05) is 11.3 Å². The lowest BCUT2D eigenvalue weighted by Crippen LogP contribution is -2.29. The molecular formula is C18H19FNO4P. The molecule has 1 aliphatic heterocycles. The van der Waals surface area contributed by atoms with E-state index in [-0.39, 0.29) is 19.1 Å². The Morgan fingerprint density at radius 2 is 1.64 bits per heavy atom. The molecule has 0 aliphatic carbocycles. The Bertz CT molecular complexity index is 814. The number of carbonyl (C=O) groups excluding carboxylic acids is 1. The second-order valence-electron chi connectivity index (χ2n) is 5.49. The Hall–Kier alpha value is -2.01. The highest BCUT2D eigenvalue weighted by atomic mass is 31.2. The molecule has 7 heteroatoms. The van der Waals surface area contributed by atoms with E-state index in [0.29, 0.717) is 16.8 Å².